The zero-order chi connectivity index (χ0) is 8.32. The first-order valence-corrected chi connectivity index (χ1v) is 4.14. The number of aliphatic hydroxyl groups is 1. The lowest BCUT2D eigenvalue weighted by atomic mass is 10.1. The molecule has 1 amide bonds. The van der Waals surface area contributed by atoms with Gasteiger partial charge in [-0.15, -0.1) is 0 Å². The molecule has 0 saturated heterocycles. The summed E-state index contributed by atoms with van der Waals surface area (Å²) in [5.74, 6) is 0.0295. The minimum atomic E-state index is -0.394. The molecule has 0 aliphatic heterocycles. The molecule has 1 aliphatic carbocycles. The Kier molecular flexibility index (Phi) is 2.49. The van der Waals surface area contributed by atoms with Gasteiger partial charge in [-0.1, -0.05) is 6.92 Å². The fourth-order valence-electron chi connectivity index (χ4n) is 1.03. The van der Waals surface area contributed by atoms with Gasteiger partial charge in [-0.05, 0) is 19.3 Å². The van der Waals surface area contributed by atoms with Gasteiger partial charge in [0.2, 0.25) is 5.91 Å². The van der Waals surface area contributed by atoms with Crippen LogP contribution in [0.25, 0.3) is 0 Å². The molecule has 0 aromatic heterocycles. The minimum absolute atomic E-state index is 0.00253. The first-order valence-electron chi connectivity index (χ1n) is 4.14. The van der Waals surface area contributed by atoms with Gasteiger partial charge in [0.05, 0.1) is 12.0 Å². The first-order chi connectivity index (χ1) is 5.25. The summed E-state index contributed by atoms with van der Waals surface area (Å²) in [6.45, 7) is 2.74. The number of hydrogen-bond acceptors (Lipinski definition) is 2. The van der Waals surface area contributed by atoms with Crippen LogP contribution in [0.15, 0.2) is 0 Å². The van der Waals surface area contributed by atoms with E-state index in [9.17, 15) is 4.79 Å². The maximum atomic E-state index is 11.2. The number of carbonyl (C=O) groups excluding carboxylic acids is 1. The lowest BCUT2D eigenvalue weighted by Gasteiger charge is -2.10. The molecule has 11 heavy (non-hydrogen) atoms. The quantitative estimate of drug-likeness (QED) is 0.616. The van der Waals surface area contributed by atoms with Crippen molar-refractivity contribution in [1.29, 1.82) is 0 Å². The summed E-state index contributed by atoms with van der Waals surface area (Å²) in [6.07, 6.45) is 2.64. The van der Waals surface area contributed by atoms with E-state index in [1.807, 2.05) is 6.92 Å². The van der Waals surface area contributed by atoms with Crippen molar-refractivity contribution >= 4 is 5.91 Å². The van der Waals surface area contributed by atoms with Crippen LogP contribution in [0.2, 0.25) is 0 Å². The largest absolute Gasteiger partial charge is 0.395 e. The zero-order valence-electron chi connectivity index (χ0n) is 6.89. The summed E-state index contributed by atoms with van der Waals surface area (Å²) < 4.78 is 0. The summed E-state index contributed by atoms with van der Waals surface area (Å²) in [5, 5.41) is 11.7. The van der Waals surface area contributed by atoms with Gasteiger partial charge >= 0.3 is 0 Å². The second kappa shape index (κ2) is 3.22. The summed E-state index contributed by atoms with van der Waals surface area (Å²) in [5.41, 5.74) is -0.394. The summed E-state index contributed by atoms with van der Waals surface area (Å²) in [6, 6.07) is 0. The van der Waals surface area contributed by atoms with Crippen LogP contribution in [-0.4, -0.2) is 24.2 Å². The zero-order valence-corrected chi connectivity index (χ0v) is 6.89. The predicted molar refractivity (Wildman–Crippen MR) is 42.1 cm³/mol. The Hall–Kier alpha value is -0.570. The standard InChI is InChI=1S/C8H15NO2/c1-2-5-9-7(11)8(6-10)3-4-8/h10H,2-6H2,1H3,(H,9,11). The highest BCUT2D eigenvalue weighted by molar-refractivity contribution is 5.85. The molecule has 1 aliphatic rings. The number of nitrogens with one attached hydrogen (secondary N) is 1. The molecular formula is C8H15NO2. The van der Waals surface area contributed by atoms with E-state index in [-0.39, 0.29) is 12.5 Å². The van der Waals surface area contributed by atoms with Crippen molar-refractivity contribution in [2.45, 2.75) is 26.2 Å². The Bertz CT molecular complexity index is 152. The highest BCUT2D eigenvalue weighted by atomic mass is 16.3. The van der Waals surface area contributed by atoms with E-state index in [1.54, 1.807) is 0 Å². The first kappa shape index (κ1) is 8.53. The van der Waals surface area contributed by atoms with Gasteiger partial charge in [-0.2, -0.15) is 0 Å². The van der Waals surface area contributed by atoms with Gasteiger partial charge in [0.15, 0.2) is 0 Å². The number of rotatable bonds is 4. The van der Waals surface area contributed by atoms with Gasteiger partial charge in [0.1, 0.15) is 0 Å². The molecule has 1 fully saturated rings. The predicted octanol–water partition coefficient (Wildman–Crippen LogP) is 0.285. The van der Waals surface area contributed by atoms with Crippen LogP contribution >= 0.6 is 0 Å². The van der Waals surface area contributed by atoms with Crippen LogP contribution in [0.5, 0.6) is 0 Å². The second-order valence-electron chi connectivity index (χ2n) is 3.19. The average Bonchev–Trinajstić information content (AvgIpc) is 2.80. The van der Waals surface area contributed by atoms with Crippen molar-refractivity contribution in [3.63, 3.8) is 0 Å². The highest BCUT2D eigenvalue weighted by Crippen LogP contribution is 2.45. The van der Waals surface area contributed by atoms with Crippen LogP contribution in [0.1, 0.15) is 26.2 Å². The lowest BCUT2D eigenvalue weighted by Crippen LogP contribution is -2.34. The molecule has 0 aromatic carbocycles. The number of amides is 1. The Morgan fingerprint density at radius 1 is 1.64 bits per heavy atom. The molecule has 0 radical (unpaired) electrons. The molecule has 64 valence electrons. The van der Waals surface area contributed by atoms with Crippen molar-refractivity contribution in [3.8, 4) is 0 Å². The summed E-state index contributed by atoms with van der Waals surface area (Å²) in [4.78, 5) is 11.2. The van der Waals surface area contributed by atoms with Crippen LogP contribution in [0.4, 0.5) is 0 Å². The van der Waals surface area contributed by atoms with Crippen LogP contribution in [-0.2, 0) is 4.79 Å². The van der Waals surface area contributed by atoms with Crippen LogP contribution in [0.3, 0.4) is 0 Å². The number of hydrogen-bond donors (Lipinski definition) is 2. The van der Waals surface area contributed by atoms with E-state index in [4.69, 9.17) is 5.11 Å². The molecule has 3 nitrogen and oxygen atoms in total. The van der Waals surface area contributed by atoms with E-state index in [0.29, 0.717) is 0 Å². The van der Waals surface area contributed by atoms with Gasteiger partial charge in [-0.25, -0.2) is 0 Å². The summed E-state index contributed by atoms with van der Waals surface area (Å²) in [7, 11) is 0. The SMILES string of the molecule is CCCNC(=O)C1(CO)CC1. The lowest BCUT2D eigenvalue weighted by molar-refractivity contribution is -0.127. The van der Waals surface area contributed by atoms with Gasteiger partial charge in [0, 0.05) is 6.54 Å². The molecule has 0 aromatic rings. The molecule has 3 heteroatoms. The highest BCUT2D eigenvalue weighted by Gasteiger charge is 2.48. The minimum Gasteiger partial charge on any atom is -0.395 e. The van der Waals surface area contributed by atoms with Gasteiger partial charge in [-0.3, -0.25) is 4.79 Å². The fourth-order valence-corrected chi connectivity index (χ4v) is 1.03. The second-order valence-corrected chi connectivity index (χ2v) is 3.19. The van der Waals surface area contributed by atoms with Crippen molar-refractivity contribution in [2.75, 3.05) is 13.2 Å². The molecule has 0 unspecified atom stereocenters. The Morgan fingerprint density at radius 2 is 2.27 bits per heavy atom. The molecule has 0 heterocycles. The van der Waals surface area contributed by atoms with E-state index in [0.717, 1.165) is 25.8 Å². The van der Waals surface area contributed by atoms with E-state index >= 15 is 0 Å². The number of aliphatic hydroxyl groups excluding tert-OH is 1. The Labute approximate surface area is 66.8 Å². The van der Waals surface area contributed by atoms with E-state index in [2.05, 4.69) is 5.32 Å². The maximum absolute atomic E-state index is 11.2. The Morgan fingerprint density at radius 3 is 2.64 bits per heavy atom. The molecular weight excluding hydrogens is 142 g/mol. The molecule has 0 spiro atoms. The monoisotopic (exact) mass is 157 g/mol. The average molecular weight is 157 g/mol. The fraction of sp³-hybridized carbons (Fsp3) is 0.875. The molecule has 1 rings (SSSR count). The molecule has 1 saturated carbocycles. The summed E-state index contributed by atoms with van der Waals surface area (Å²) >= 11 is 0. The molecule has 0 atom stereocenters. The smallest absolute Gasteiger partial charge is 0.228 e. The Balaban J connectivity index is 2.29. The van der Waals surface area contributed by atoms with E-state index < -0.39 is 5.41 Å². The van der Waals surface area contributed by atoms with Crippen LogP contribution < -0.4 is 5.32 Å². The van der Waals surface area contributed by atoms with Crippen molar-refractivity contribution in [3.05, 3.63) is 0 Å². The number of carbonyl (C=O) groups is 1. The molecule has 0 bridgehead atoms. The maximum Gasteiger partial charge on any atom is 0.228 e. The third kappa shape index (κ3) is 1.71. The van der Waals surface area contributed by atoms with Crippen molar-refractivity contribution in [2.24, 2.45) is 5.41 Å². The van der Waals surface area contributed by atoms with Crippen molar-refractivity contribution in [1.82, 2.24) is 5.32 Å². The van der Waals surface area contributed by atoms with E-state index in [1.165, 1.54) is 0 Å². The normalized spacial score (nSPS) is 19.5. The topological polar surface area (TPSA) is 49.3 Å². The molecule has 2 N–H and O–H groups in total. The van der Waals surface area contributed by atoms with Crippen molar-refractivity contribution < 1.29 is 9.90 Å². The van der Waals surface area contributed by atoms with Crippen LogP contribution in [0, 0.1) is 5.41 Å². The third-order valence-corrected chi connectivity index (χ3v) is 2.17. The third-order valence-electron chi connectivity index (χ3n) is 2.17. The van der Waals surface area contributed by atoms with Gasteiger partial charge in [0.25, 0.3) is 0 Å². The van der Waals surface area contributed by atoms with Gasteiger partial charge < -0.3 is 10.4 Å².